The fourth-order valence-corrected chi connectivity index (χ4v) is 1.95. The van der Waals surface area contributed by atoms with Crippen molar-refractivity contribution < 1.29 is 19.0 Å². The number of aryl methyl sites for hydroxylation is 1. The van der Waals surface area contributed by atoms with E-state index in [1.807, 2.05) is 7.05 Å². The van der Waals surface area contributed by atoms with Crippen molar-refractivity contribution in [1.29, 1.82) is 0 Å². The average Bonchev–Trinajstić information content (AvgIpc) is 2.83. The van der Waals surface area contributed by atoms with Gasteiger partial charge in [0.2, 0.25) is 0 Å². The Hall–Kier alpha value is -1.44. The quantitative estimate of drug-likeness (QED) is 0.592. The first kappa shape index (κ1) is 17.6. The standard InChI is InChI=1S/C14H25N3O4/c1-5-21-14(18)12-10-15-16(2)13(12)11-17(6-8-19-3)7-9-20-4/h10H,5-9,11H2,1-4H3. The average molecular weight is 299 g/mol. The maximum Gasteiger partial charge on any atom is 0.341 e. The predicted octanol–water partition coefficient (Wildman–Crippen LogP) is 0.692. The monoisotopic (exact) mass is 299 g/mol. The molecule has 0 N–H and O–H groups in total. The van der Waals surface area contributed by atoms with Crippen molar-refractivity contribution in [2.75, 3.05) is 47.1 Å². The van der Waals surface area contributed by atoms with Gasteiger partial charge < -0.3 is 14.2 Å². The van der Waals surface area contributed by atoms with Gasteiger partial charge in [-0.25, -0.2) is 4.79 Å². The molecule has 21 heavy (non-hydrogen) atoms. The molecule has 1 aromatic heterocycles. The van der Waals surface area contributed by atoms with Gasteiger partial charge in [-0.2, -0.15) is 5.10 Å². The second-order valence-electron chi connectivity index (χ2n) is 4.61. The van der Waals surface area contributed by atoms with Crippen molar-refractivity contribution in [2.45, 2.75) is 13.5 Å². The summed E-state index contributed by atoms with van der Waals surface area (Å²) in [4.78, 5) is 14.1. The summed E-state index contributed by atoms with van der Waals surface area (Å²) in [5.41, 5.74) is 1.35. The van der Waals surface area contributed by atoms with Gasteiger partial charge in [-0.05, 0) is 6.92 Å². The lowest BCUT2D eigenvalue weighted by atomic mass is 10.2. The zero-order valence-corrected chi connectivity index (χ0v) is 13.3. The molecule has 0 saturated carbocycles. The number of esters is 1. The minimum Gasteiger partial charge on any atom is -0.462 e. The largest absolute Gasteiger partial charge is 0.462 e. The van der Waals surface area contributed by atoms with Gasteiger partial charge in [-0.15, -0.1) is 0 Å². The zero-order valence-electron chi connectivity index (χ0n) is 13.3. The van der Waals surface area contributed by atoms with E-state index in [-0.39, 0.29) is 5.97 Å². The van der Waals surface area contributed by atoms with Crippen molar-refractivity contribution in [2.24, 2.45) is 7.05 Å². The first-order valence-corrected chi connectivity index (χ1v) is 7.02. The number of carbonyl (C=O) groups excluding carboxylic acids is 1. The number of rotatable bonds is 10. The number of aromatic nitrogens is 2. The molecule has 0 aliphatic heterocycles. The van der Waals surface area contributed by atoms with E-state index < -0.39 is 0 Å². The van der Waals surface area contributed by atoms with Gasteiger partial charge in [0.15, 0.2) is 0 Å². The van der Waals surface area contributed by atoms with Crippen LogP contribution in [0.15, 0.2) is 6.20 Å². The second-order valence-corrected chi connectivity index (χ2v) is 4.61. The number of nitrogens with zero attached hydrogens (tertiary/aromatic N) is 3. The molecule has 0 amide bonds. The van der Waals surface area contributed by atoms with Crippen molar-refractivity contribution in [3.8, 4) is 0 Å². The van der Waals surface area contributed by atoms with Gasteiger partial charge in [0.05, 0.1) is 31.7 Å². The number of methoxy groups -OCH3 is 2. The summed E-state index contributed by atoms with van der Waals surface area (Å²) in [6, 6.07) is 0. The maximum atomic E-state index is 11.9. The van der Waals surface area contributed by atoms with Crippen molar-refractivity contribution >= 4 is 5.97 Å². The summed E-state index contributed by atoms with van der Waals surface area (Å²) in [5, 5.41) is 4.16. The van der Waals surface area contributed by atoms with Crippen LogP contribution in [-0.2, 0) is 27.8 Å². The number of hydrogen-bond acceptors (Lipinski definition) is 6. The molecule has 0 spiro atoms. The first-order valence-electron chi connectivity index (χ1n) is 7.02. The lowest BCUT2D eigenvalue weighted by molar-refractivity contribution is 0.0522. The number of ether oxygens (including phenoxy) is 3. The van der Waals surface area contributed by atoms with Gasteiger partial charge in [-0.1, -0.05) is 0 Å². The Balaban J connectivity index is 2.81. The fraction of sp³-hybridized carbons (Fsp3) is 0.714. The van der Waals surface area contributed by atoms with E-state index in [1.165, 1.54) is 0 Å². The van der Waals surface area contributed by atoms with Crippen LogP contribution >= 0.6 is 0 Å². The van der Waals surface area contributed by atoms with Gasteiger partial charge in [0.25, 0.3) is 0 Å². The summed E-state index contributed by atoms with van der Waals surface area (Å²) >= 11 is 0. The second kappa shape index (κ2) is 9.49. The molecule has 0 unspecified atom stereocenters. The highest BCUT2D eigenvalue weighted by Gasteiger charge is 2.19. The molecule has 1 heterocycles. The van der Waals surface area contributed by atoms with Gasteiger partial charge in [0.1, 0.15) is 5.56 Å². The van der Waals surface area contributed by atoms with E-state index in [4.69, 9.17) is 14.2 Å². The molecule has 0 saturated heterocycles. The Kier molecular flexibility index (Phi) is 7.96. The summed E-state index contributed by atoms with van der Waals surface area (Å²) in [5.74, 6) is -0.334. The SMILES string of the molecule is CCOC(=O)c1cnn(C)c1CN(CCOC)CCOC. The Morgan fingerprint density at radius 3 is 2.43 bits per heavy atom. The number of hydrogen-bond donors (Lipinski definition) is 0. The third-order valence-electron chi connectivity index (χ3n) is 3.15. The molecule has 0 fully saturated rings. The highest BCUT2D eigenvalue weighted by molar-refractivity contribution is 5.90. The lowest BCUT2D eigenvalue weighted by Gasteiger charge is -2.22. The van der Waals surface area contributed by atoms with Crippen molar-refractivity contribution in [1.82, 2.24) is 14.7 Å². The van der Waals surface area contributed by atoms with E-state index in [1.54, 1.807) is 32.0 Å². The third kappa shape index (κ3) is 5.45. The molecule has 0 atom stereocenters. The Bertz CT molecular complexity index is 426. The smallest absolute Gasteiger partial charge is 0.341 e. The van der Waals surface area contributed by atoms with Crippen LogP contribution in [0.25, 0.3) is 0 Å². The normalized spacial score (nSPS) is 11.1. The summed E-state index contributed by atoms with van der Waals surface area (Å²) in [6.45, 7) is 5.49. The van der Waals surface area contributed by atoms with Crippen LogP contribution in [0.5, 0.6) is 0 Å². The summed E-state index contributed by atoms with van der Waals surface area (Å²) in [7, 11) is 5.16. The van der Waals surface area contributed by atoms with Crippen LogP contribution in [0.3, 0.4) is 0 Å². The van der Waals surface area contributed by atoms with E-state index in [9.17, 15) is 4.79 Å². The van der Waals surface area contributed by atoms with Crippen molar-refractivity contribution in [3.05, 3.63) is 17.5 Å². The van der Waals surface area contributed by atoms with E-state index >= 15 is 0 Å². The molecule has 0 radical (unpaired) electrons. The van der Waals surface area contributed by atoms with Crippen molar-refractivity contribution in [3.63, 3.8) is 0 Å². The maximum absolute atomic E-state index is 11.9. The Morgan fingerprint density at radius 1 is 1.29 bits per heavy atom. The predicted molar refractivity (Wildman–Crippen MR) is 78.2 cm³/mol. The summed E-state index contributed by atoms with van der Waals surface area (Å²) < 4.78 is 17.0. The molecular formula is C14H25N3O4. The Morgan fingerprint density at radius 2 is 1.90 bits per heavy atom. The van der Waals surface area contributed by atoms with Crippen LogP contribution in [0, 0.1) is 0 Å². The number of carbonyl (C=O) groups is 1. The molecule has 7 heteroatoms. The Labute approximate surface area is 125 Å². The van der Waals surface area contributed by atoms with Gasteiger partial charge >= 0.3 is 5.97 Å². The highest BCUT2D eigenvalue weighted by Crippen LogP contribution is 2.12. The van der Waals surface area contributed by atoms with Crippen LogP contribution in [-0.4, -0.2) is 67.8 Å². The zero-order chi connectivity index (χ0) is 15.7. The molecular weight excluding hydrogens is 274 g/mol. The third-order valence-corrected chi connectivity index (χ3v) is 3.15. The molecule has 0 aliphatic carbocycles. The van der Waals surface area contributed by atoms with E-state index in [2.05, 4.69) is 10.00 Å². The lowest BCUT2D eigenvalue weighted by Crippen LogP contribution is -2.31. The minimum atomic E-state index is -0.334. The van der Waals surface area contributed by atoms with Crippen LogP contribution in [0.2, 0.25) is 0 Å². The summed E-state index contributed by atoms with van der Waals surface area (Å²) in [6.07, 6.45) is 1.55. The molecule has 1 aromatic rings. The molecule has 0 aromatic carbocycles. The molecule has 0 aliphatic rings. The minimum absolute atomic E-state index is 0.334. The van der Waals surface area contributed by atoms with E-state index in [0.29, 0.717) is 31.9 Å². The van der Waals surface area contributed by atoms with Crippen LogP contribution in [0.1, 0.15) is 23.0 Å². The van der Waals surface area contributed by atoms with Crippen LogP contribution < -0.4 is 0 Å². The molecule has 1 rings (SSSR count). The van der Waals surface area contributed by atoms with Gasteiger partial charge in [0, 0.05) is 40.9 Å². The molecule has 0 bridgehead atoms. The topological polar surface area (TPSA) is 65.8 Å². The molecule has 120 valence electrons. The van der Waals surface area contributed by atoms with E-state index in [0.717, 1.165) is 18.8 Å². The van der Waals surface area contributed by atoms with Crippen LogP contribution in [0.4, 0.5) is 0 Å². The fourth-order valence-electron chi connectivity index (χ4n) is 1.95. The highest BCUT2D eigenvalue weighted by atomic mass is 16.5. The first-order chi connectivity index (χ1) is 10.1. The molecule has 7 nitrogen and oxygen atoms in total. The van der Waals surface area contributed by atoms with Gasteiger partial charge in [-0.3, -0.25) is 9.58 Å².